The number of carboxylic acid groups (broad SMARTS) is 1. The van der Waals surface area contributed by atoms with Crippen molar-refractivity contribution in [1.29, 1.82) is 0 Å². The third-order valence-corrected chi connectivity index (χ3v) is 6.56. The molecule has 2 aliphatic heterocycles. The largest absolute Gasteiger partial charge is 0.481 e. The molecule has 24 heavy (non-hydrogen) atoms. The number of carbonyl (C=O) groups is 2. The summed E-state index contributed by atoms with van der Waals surface area (Å²) < 4.78 is 26.9. The summed E-state index contributed by atoms with van der Waals surface area (Å²) in [6, 6.07) is 4.77. The van der Waals surface area contributed by atoms with Crippen LogP contribution in [0.5, 0.6) is 0 Å². The van der Waals surface area contributed by atoms with E-state index in [0.29, 0.717) is 32.4 Å². The van der Waals surface area contributed by atoms with Gasteiger partial charge in [0.15, 0.2) is 0 Å². The third kappa shape index (κ3) is 2.91. The summed E-state index contributed by atoms with van der Waals surface area (Å²) in [6.45, 7) is 2.38. The van der Waals surface area contributed by atoms with E-state index in [1.807, 2.05) is 0 Å². The second kappa shape index (κ2) is 6.18. The summed E-state index contributed by atoms with van der Waals surface area (Å²) in [5, 5.41) is 9.14. The summed E-state index contributed by atoms with van der Waals surface area (Å²) in [5.74, 6) is -1.68. The molecule has 1 amide bonds. The van der Waals surface area contributed by atoms with Crippen LogP contribution >= 0.6 is 0 Å². The van der Waals surface area contributed by atoms with E-state index in [9.17, 15) is 18.0 Å². The number of rotatable bonds is 3. The molecular weight excluding hydrogens is 332 g/mol. The molecule has 1 aromatic rings. The van der Waals surface area contributed by atoms with Gasteiger partial charge in [-0.3, -0.25) is 9.59 Å². The molecular formula is C16H20N2O5S. The van der Waals surface area contributed by atoms with E-state index in [1.165, 1.54) is 17.3 Å². The normalized spacial score (nSPS) is 21.5. The quantitative estimate of drug-likeness (QED) is 0.878. The molecule has 1 atom stereocenters. The van der Waals surface area contributed by atoms with Crippen LogP contribution in [-0.2, 0) is 26.0 Å². The summed E-state index contributed by atoms with van der Waals surface area (Å²) in [7, 11) is -3.72. The van der Waals surface area contributed by atoms with E-state index in [0.717, 1.165) is 11.3 Å². The molecule has 0 saturated carbocycles. The van der Waals surface area contributed by atoms with Gasteiger partial charge in [0, 0.05) is 32.2 Å². The van der Waals surface area contributed by atoms with Crippen molar-refractivity contribution >= 4 is 27.6 Å². The zero-order chi connectivity index (χ0) is 17.5. The first-order chi connectivity index (χ1) is 11.3. The van der Waals surface area contributed by atoms with Crippen LogP contribution in [0.4, 0.5) is 5.69 Å². The van der Waals surface area contributed by atoms with Gasteiger partial charge in [0.1, 0.15) is 0 Å². The zero-order valence-electron chi connectivity index (χ0n) is 13.4. The molecule has 1 saturated heterocycles. The van der Waals surface area contributed by atoms with Crippen molar-refractivity contribution in [2.75, 3.05) is 24.5 Å². The minimum Gasteiger partial charge on any atom is -0.481 e. The Kier molecular flexibility index (Phi) is 4.35. The number of benzene rings is 1. The van der Waals surface area contributed by atoms with Crippen LogP contribution < -0.4 is 4.90 Å². The van der Waals surface area contributed by atoms with Gasteiger partial charge in [-0.2, -0.15) is 4.31 Å². The first kappa shape index (κ1) is 16.9. The molecule has 1 aromatic carbocycles. The smallest absolute Gasteiger partial charge is 0.307 e. The Morgan fingerprint density at radius 2 is 2.00 bits per heavy atom. The predicted molar refractivity (Wildman–Crippen MR) is 87.3 cm³/mol. The van der Waals surface area contributed by atoms with Crippen molar-refractivity contribution in [2.24, 2.45) is 5.92 Å². The van der Waals surface area contributed by atoms with E-state index < -0.39 is 21.9 Å². The van der Waals surface area contributed by atoms with E-state index in [1.54, 1.807) is 17.0 Å². The number of piperidine rings is 1. The Labute approximate surface area is 140 Å². The molecule has 1 fully saturated rings. The molecule has 0 radical (unpaired) electrons. The van der Waals surface area contributed by atoms with E-state index in [-0.39, 0.29) is 17.3 Å². The fraction of sp³-hybridized carbons (Fsp3) is 0.500. The van der Waals surface area contributed by atoms with E-state index >= 15 is 0 Å². The van der Waals surface area contributed by atoms with Gasteiger partial charge in [0.25, 0.3) is 0 Å². The van der Waals surface area contributed by atoms with Crippen LogP contribution in [0.3, 0.4) is 0 Å². The lowest BCUT2D eigenvalue weighted by Crippen LogP contribution is -2.42. The highest BCUT2D eigenvalue weighted by Crippen LogP contribution is 2.32. The first-order valence-corrected chi connectivity index (χ1v) is 9.38. The maximum absolute atomic E-state index is 12.8. The van der Waals surface area contributed by atoms with Crippen molar-refractivity contribution < 1.29 is 23.1 Å². The number of hydrogen-bond acceptors (Lipinski definition) is 4. The molecule has 2 heterocycles. The van der Waals surface area contributed by atoms with Gasteiger partial charge in [-0.05, 0) is 43.0 Å². The predicted octanol–water partition coefficient (Wildman–Crippen LogP) is 1.08. The Bertz CT molecular complexity index is 790. The van der Waals surface area contributed by atoms with Crippen molar-refractivity contribution in [2.45, 2.75) is 31.1 Å². The van der Waals surface area contributed by atoms with Gasteiger partial charge in [-0.1, -0.05) is 0 Å². The van der Waals surface area contributed by atoms with Crippen LogP contribution in [0.1, 0.15) is 25.3 Å². The van der Waals surface area contributed by atoms with Gasteiger partial charge in [-0.15, -0.1) is 0 Å². The highest BCUT2D eigenvalue weighted by Gasteiger charge is 2.34. The number of sulfonamides is 1. The average Bonchev–Trinajstić information content (AvgIpc) is 2.98. The lowest BCUT2D eigenvalue weighted by Gasteiger charge is -2.30. The Balaban J connectivity index is 1.88. The number of aliphatic carboxylic acids is 1. The summed E-state index contributed by atoms with van der Waals surface area (Å²) in [5.41, 5.74) is 1.58. The minimum atomic E-state index is -3.72. The van der Waals surface area contributed by atoms with Gasteiger partial charge in [-0.25, -0.2) is 8.42 Å². The van der Waals surface area contributed by atoms with E-state index in [2.05, 4.69) is 0 Å². The van der Waals surface area contributed by atoms with Crippen molar-refractivity contribution in [1.82, 2.24) is 4.31 Å². The SMILES string of the molecule is CC(=O)N1CCc2cc(S(=O)(=O)N3CCC[C@@H](C(=O)O)C3)ccc21. The number of carboxylic acids is 1. The first-order valence-electron chi connectivity index (χ1n) is 7.94. The highest BCUT2D eigenvalue weighted by atomic mass is 32.2. The second-order valence-corrected chi connectivity index (χ2v) is 8.19. The van der Waals surface area contributed by atoms with Gasteiger partial charge in [0.05, 0.1) is 10.8 Å². The lowest BCUT2D eigenvalue weighted by molar-refractivity contribution is -0.142. The molecule has 7 nitrogen and oxygen atoms in total. The number of hydrogen-bond donors (Lipinski definition) is 1. The fourth-order valence-electron chi connectivity index (χ4n) is 3.38. The van der Waals surface area contributed by atoms with Crippen LogP contribution in [-0.4, -0.2) is 49.3 Å². The van der Waals surface area contributed by atoms with Crippen LogP contribution in [0, 0.1) is 5.92 Å². The fourth-order valence-corrected chi connectivity index (χ4v) is 4.95. The van der Waals surface area contributed by atoms with Crippen molar-refractivity contribution in [3.05, 3.63) is 23.8 Å². The number of anilines is 1. The van der Waals surface area contributed by atoms with Crippen LogP contribution in [0.2, 0.25) is 0 Å². The molecule has 0 aromatic heterocycles. The number of amides is 1. The third-order valence-electron chi connectivity index (χ3n) is 4.70. The number of carbonyl (C=O) groups excluding carboxylic acids is 1. The van der Waals surface area contributed by atoms with Gasteiger partial charge < -0.3 is 10.0 Å². The maximum atomic E-state index is 12.8. The molecule has 0 aliphatic carbocycles. The molecule has 0 bridgehead atoms. The summed E-state index contributed by atoms with van der Waals surface area (Å²) >= 11 is 0. The standard InChI is InChI=1S/C16H20N2O5S/c1-11(19)18-8-6-12-9-14(4-5-15(12)18)24(22,23)17-7-2-3-13(10-17)16(20)21/h4-5,9,13H,2-3,6-8,10H2,1H3,(H,20,21)/t13-/m1/s1. The van der Waals surface area contributed by atoms with E-state index in [4.69, 9.17) is 5.11 Å². The topological polar surface area (TPSA) is 95.0 Å². The maximum Gasteiger partial charge on any atom is 0.307 e. The zero-order valence-corrected chi connectivity index (χ0v) is 14.3. The Morgan fingerprint density at radius 1 is 1.25 bits per heavy atom. The number of fused-ring (bicyclic) bond motifs is 1. The van der Waals surface area contributed by atoms with Crippen LogP contribution in [0.25, 0.3) is 0 Å². The molecule has 8 heteroatoms. The van der Waals surface area contributed by atoms with Crippen molar-refractivity contribution in [3.63, 3.8) is 0 Å². The summed E-state index contributed by atoms with van der Waals surface area (Å²) in [6.07, 6.45) is 1.66. The van der Waals surface area contributed by atoms with Gasteiger partial charge in [0.2, 0.25) is 15.9 Å². The minimum absolute atomic E-state index is 0.00826. The lowest BCUT2D eigenvalue weighted by atomic mass is 10.0. The highest BCUT2D eigenvalue weighted by molar-refractivity contribution is 7.89. The molecule has 0 unspecified atom stereocenters. The average molecular weight is 352 g/mol. The van der Waals surface area contributed by atoms with Crippen molar-refractivity contribution in [3.8, 4) is 0 Å². The second-order valence-electron chi connectivity index (χ2n) is 6.25. The molecule has 130 valence electrons. The van der Waals surface area contributed by atoms with Crippen LogP contribution in [0.15, 0.2) is 23.1 Å². The molecule has 1 N–H and O–H groups in total. The molecule has 3 rings (SSSR count). The number of nitrogens with zero attached hydrogens (tertiary/aromatic N) is 2. The monoisotopic (exact) mass is 352 g/mol. The summed E-state index contributed by atoms with van der Waals surface area (Å²) in [4.78, 5) is 24.5. The molecule has 2 aliphatic rings. The van der Waals surface area contributed by atoms with Gasteiger partial charge >= 0.3 is 5.97 Å². The Hall–Kier alpha value is -1.93. The molecule has 0 spiro atoms. The Morgan fingerprint density at radius 3 is 2.67 bits per heavy atom.